The number of rotatable bonds is 41. The lowest BCUT2D eigenvalue weighted by Gasteiger charge is -2.14. The normalized spacial score (nSPS) is 11.8. The van der Waals surface area contributed by atoms with E-state index in [2.05, 4.69) is 42.5 Å². The average Bonchev–Trinajstić information content (AvgIpc) is 3.26. The summed E-state index contributed by atoms with van der Waals surface area (Å²) < 4.78 is 26.9. The van der Waals surface area contributed by atoms with E-state index >= 15 is 0 Å². The number of aromatic carboxylic acids is 1. The molecule has 1 rings (SSSR count). The molecule has 21 nitrogen and oxygen atoms in total. The molecule has 0 fully saturated rings. The number of nitrogens with one attached hydrogen (secondary N) is 5. The largest absolute Gasteiger partial charge is 0.494 e. The third-order valence-corrected chi connectivity index (χ3v) is 9.56. The predicted molar refractivity (Wildman–Crippen MR) is 234 cm³/mol. The molecule has 0 saturated heterocycles. The van der Waals surface area contributed by atoms with Crippen LogP contribution in [-0.4, -0.2) is 159 Å². The second-order valence-corrected chi connectivity index (χ2v) is 14.9. The molecule has 2 atom stereocenters. The van der Waals surface area contributed by atoms with Gasteiger partial charge in [0.15, 0.2) is 0 Å². The molecule has 0 aromatic heterocycles. The molecule has 0 spiro atoms. The van der Waals surface area contributed by atoms with Crippen molar-refractivity contribution in [3.05, 3.63) is 29.8 Å². The van der Waals surface area contributed by atoms with Crippen molar-refractivity contribution in [1.29, 1.82) is 0 Å². The van der Waals surface area contributed by atoms with Gasteiger partial charge in [0, 0.05) is 32.5 Å². The highest BCUT2D eigenvalue weighted by Gasteiger charge is 2.21. The molecule has 0 radical (unpaired) electrons. The van der Waals surface area contributed by atoms with E-state index in [1.54, 1.807) is 12.1 Å². The van der Waals surface area contributed by atoms with E-state index in [9.17, 15) is 43.5 Å². The van der Waals surface area contributed by atoms with Gasteiger partial charge in [-0.2, -0.15) is 0 Å². The Morgan fingerprint density at radius 1 is 0.484 bits per heavy atom. The first-order valence-corrected chi connectivity index (χ1v) is 22.6. The summed E-state index contributed by atoms with van der Waals surface area (Å²) in [6.07, 6.45) is 7.58. The standard InChI is InChI=1S/C42H66BrN5O16/c43-28-37(51)48-33(41(56)57)10-7-8-18-44-38(52)29-62-26-25-61-23-20-46-39(53)30-63-27-24-60-22-19-45-35(49)17-16-34(42(58)59)47-36(50)11-6-4-2-1-3-5-9-21-64-32-14-12-31(13-15-32)40(54)55/h12-15,33-34H,1-11,16-30H2,(H,44,52)(H,45,49)(H,46,53)(H,47,50)(H,48,51)(H,54,55)(H,56,57)(H,58,59). The van der Waals surface area contributed by atoms with Gasteiger partial charge >= 0.3 is 17.9 Å². The molecule has 0 saturated carbocycles. The van der Waals surface area contributed by atoms with Crippen LogP contribution in [0.5, 0.6) is 5.75 Å². The number of halogens is 1. The van der Waals surface area contributed by atoms with Crippen molar-refractivity contribution in [2.75, 3.05) is 84.4 Å². The highest BCUT2D eigenvalue weighted by Crippen LogP contribution is 2.14. The molecule has 1 aromatic carbocycles. The van der Waals surface area contributed by atoms with Gasteiger partial charge in [-0.25, -0.2) is 14.4 Å². The number of amides is 5. The number of carboxylic acid groups (broad SMARTS) is 3. The predicted octanol–water partition coefficient (Wildman–Crippen LogP) is 1.78. The van der Waals surface area contributed by atoms with Crippen molar-refractivity contribution in [1.82, 2.24) is 26.6 Å². The Hall–Kier alpha value is -4.90. The van der Waals surface area contributed by atoms with Crippen LogP contribution in [0.1, 0.15) is 93.8 Å². The van der Waals surface area contributed by atoms with Crippen molar-refractivity contribution < 1.29 is 77.4 Å². The van der Waals surface area contributed by atoms with Gasteiger partial charge in [-0.3, -0.25) is 24.0 Å². The molecule has 2 unspecified atom stereocenters. The van der Waals surface area contributed by atoms with Crippen LogP contribution in [0.2, 0.25) is 0 Å². The summed E-state index contributed by atoms with van der Waals surface area (Å²) in [6, 6.07) is 4.12. The molecule has 22 heteroatoms. The number of unbranched alkanes of at least 4 members (excludes halogenated alkanes) is 7. The maximum Gasteiger partial charge on any atom is 0.335 e. The van der Waals surface area contributed by atoms with Gasteiger partial charge in [0.05, 0.1) is 57.1 Å². The van der Waals surface area contributed by atoms with Crippen molar-refractivity contribution >= 4 is 63.4 Å². The number of hydrogen-bond donors (Lipinski definition) is 8. The number of carbonyl (C=O) groups excluding carboxylic acids is 5. The van der Waals surface area contributed by atoms with E-state index < -0.39 is 35.9 Å². The minimum Gasteiger partial charge on any atom is -0.494 e. The second kappa shape index (κ2) is 37.5. The number of ether oxygens (including phenoxy) is 5. The van der Waals surface area contributed by atoms with Gasteiger partial charge in [-0.15, -0.1) is 0 Å². The van der Waals surface area contributed by atoms with E-state index in [0.29, 0.717) is 38.2 Å². The van der Waals surface area contributed by atoms with Crippen LogP contribution in [0, 0.1) is 0 Å². The third kappa shape index (κ3) is 31.9. The monoisotopic (exact) mass is 975 g/mol. The fourth-order valence-electron chi connectivity index (χ4n) is 5.63. The quantitative estimate of drug-likeness (QED) is 0.0343. The maximum absolute atomic E-state index is 12.3. The number of hydrogen-bond acceptors (Lipinski definition) is 13. The Labute approximate surface area is 381 Å². The number of carbonyl (C=O) groups is 8. The van der Waals surface area contributed by atoms with Gasteiger partial charge in [0.1, 0.15) is 31.0 Å². The second-order valence-electron chi connectivity index (χ2n) is 14.4. The summed E-state index contributed by atoms with van der Waals surface area (Å²) in [7, 11) is 0. The Morgan fingerprint density at radius 3 is 1.55 bits per heavy atom. The van der Waals surface area contributed by atoms with Gasteiger partial charge in [0.2, 0.25) is 29.5 Å². The molecule has 64 heavy (non-hydrogen) atoms. The summed E-state index contributed by atoms with van der Waals surface area (Å²) in [4.78, 5) is 93.4. The van der Waals surface area contributed by atoms with Crippen molar-refractivity contribution in [2.45, 2.75) is 95.6 Å². The Balaban J connectivity index is 1.94. The zero-order valence-electron chi connectivity index (χ0n) is 36.4. The van der Waals surface area contributed by atoms with Crippen LogP contribution in [0.25, 0.3) is 0 Å². The first-order chi connectivity index (χ1) is 30.8. The summed E-state index contributed by atoms with van der Waals surface area (Å²) in [5.41, 5.74) is 0.210. The Bertz CT molecular complexity index is 1540. The fraction of sp³-hybridized carbons (Fsp3) is 0.667. The number of aliphatic carboxylic acids is 2. The van der Waals surface area contributed by atoms with Crippen LogP contribution < -0.4 is 31.3 Å². The van der Waals surface area contributed by atoms with E-state index in [1.165, 1.54) is 12.1 Å². The zero-order chi connectivity index (χ0) is 47.2. The molecule has 0 aliphatic rings. The molecule has 1 aromatic rings. The lowest BCUT2D eigenvalue weighted by Crippen LogP contribution is -2.41. The number of benzene rings is 1. The van der Waals surface area contributed by atoms with E-state index in [4.69, 9.17) is 33.9 Å². The first-order valence-electron chi connectivity index (χ1n) is 21.5. The summed E-state index contributed by atoms with van der Waals surface area (Å²) in [5, 5.41) is 40.4. The lowest BCUT2D eigenvalue weighted by molar-refractivity contribution is -0.142. The van der Waals surface area contributed by atoms with Gasteiger partial charge < -0.3 is 65.6 Å². The van der Waals surface area contributed by atoms with Crippen LogP contribution in [0.15, 0.2) is 24.3 Å². The van der Waals surface area contributed by atoms with Crippen LogP contribution in [0.3, 0.4) is 0 Å². The highest BCUT2D eigenvalue weighted by atomic mass is 79.9. The molecular weight excluding hydrogens is 910 g/mol. The van der Waals surface area contributed by atoms with Crippen LogP contribution in [-0.2, 0) is 52.5 Å². The smallest absolute Gasteiger partial charge is 0.335 e. The molecule has 8 N–H and O–H groups in total. The molecule has 0 aliphatic heterocycles. The number of carboxylic acids is 3. The number of alkyl halides is 1. The highest BCUT2D eigenvalue weighted by molar-refractivity contribution is 9.09. The topological polar surface area (TPSA) is 304 Å². The molecule has 0 heterocycles. The summed E-state index contributed by atoms with van der Waals surface area (Å²) >= 11 is 2.97. The zero-order valence-corrected chi connectivity index (χ0v) is 38.0. The molecule has 0 aliphatic carbocycles. The van der Waals surface area contributed by atoms with Crippen molar-refractivity contribution in [3.63, 3.8) is 0 Å². The SMILES string of the molecule is O=C(CCC(NC(=O)CCCCCCCCCOc1ccc(C(=O)O)cc1)C(=O)O)NCCOCCOCC(=O)NCCOCCOCC(=O)NCCCCC(NC(=O)CBr)C(=O)O. The molecule has 5 amide bonds. The fourth-order valence-corrected chi connectivity index (χ4v) is 5.79. The maximum atomic E-state index is 12.3. The average molecular weight is 977 g/mol. The van der Waals surface area contributed by atoms with Crippen LogP contribution >= 0.6 is 15.9 Å². The van der Waals surface area contributed by atoms with E-state index in [-0.39, 0.29) is 126 Å². The Morgan fingerprint density at radius 2 is 0.984 bits per heavy atom. The van der Waals surface area contributed by atoms with Gasteiger partial charge in [-0.05, 0) is 62.8 Å². The lowest BCUT2D eigenvalue weighted by atomic mass is 10.1. The summed E-state index contributed by atoms with van der Waals surface area (Å²) in [5.74, 6) is -4.54. The van der Waals surface area contributed by atoms with E-state index in [0.717, 1.165) is 38.5 Å². The third-order valence-electron chi connectivity index (χ3n) is 9.06. The van der Waals surface area contributed by atoms with Crippen LogP contribution in [0.4, 0.5) is 0 Å². The minimum absolute atomic E-state index is 0.0124. The first kappa shape index (κ1) is 57.1. The summed E-state index contributed by atoms with van der Waals surface area (Å²) in [6.45, 7) is 2.00. The van der Waals surface area contributed by atoms with Crippen molar-refractivity contribution in [3.8, 4) is 5.75 Å². The van der Waals surface area contributed by atoms with Crippen molar-refractivity contribution in [2.24, 2.45) is 0 Å². The molecule has 362 valence electrons. The minimum atomic E-state index is -1.22. The van der Waals surface area contributed by atoms with Gasteiger partial charge in [-0.1, -0.05) is 48.0 Å². The Kier molecular flexibility index (Phi) is 33.4. The molecule has 0 bridgehead atoms. The van der Waals surface area contributed by atoms with E-state index in [1.807, 2.05) is 0 Å². The van der Waals surface area contributed by atoms with Gasteiger partial charge in [0.25, 0.3) is 0 Å². The molecular formula is C42H66BrN5O16.